The molecule has 2 heterocycles. The van der Waals surface area contributed by atoms with Gasteiger partial charge in [0.1, 0.15) is 6.04 Å². The van der Waals surface area contributed by atoms with Gasteiger partial charge >= 0.3 is 12.2 Å². The quantitative estimate of drug-likeness (QED) is 0.786. The van der Waals surface area contributed by atoms with Crippen molar-refractivity contribution in [1.82, 2.24) is 9.80 Å². The Morgan fingerprint density at radius 1 is 1.29 bits per heavy atom. The van der Waals surface area contributed by atoms with Crippen LogP contribution < -0.4 is 0 Å². The van der Waals surface area contributed by atoms with Gasteiger partial charge in [-0.15, -0.1) is 0 Å². The van der Waals surface area contributed by atoms with E-state index in [1.807, 2.05) is 6.92 Å². The number of halogens is 3. The van der Waals surface area contributed by atoms with Crippen LogP contribution in [0.2, 0.25) is 0 Å². The third-order valence-corrected chi connectivity index (χ3v) is 4.85. The number of hydrogen-bond donors (Lipinski definition) is 0. The SMILES string of the molecule is CC(CCN1C(=O)C2CCCN2C1=O)c1cccc(C(F)(F)F)c1. The van der Waals surface area contributed by atoms with Gasteiger partial charge in [-0.25, -0.2) is 4.79 Å². The highest BCUT2D eigenvalue weighted by Crippen LogP contribution is 2.32. The topological polar surface area (TPSA) is 40.6 Å². The second-order valence-corrected chi connectivity index (χ2v) is 6.44. The van der Waals surface area contributed by atoms with E-state index in [9.17, 15) is 22.8 Å². The van der Waals surface area contributed by atoms with Gasteiger partial charge in [-0.1, -0.05) is 25.1 Å². The number of imide groups is 1. The zero-order valence-electron chi connectivity index (χ0n) is 13.3. The fourth-order valence-electron chi connectivity index (χ4n) is 3.40. The van der Waals surface area contributed by atoms with Gasteiger partial charge in [0, 0.05) is 13.1 Å². The molecule has 0 N–H and O–H groups in total. The van der Waals surface area contributed by atoms with E-state index < -0.39 is 11.7 Å². The number of hydrogen-bond acceptors (Lipinski definition) is 2. The summed E-state index contributed by atoms with van der Waals surface area (Å²) in [7, 11) is 0. The van der Waals surface area contributed by atoms with Gasteiger partial charge in [0.05, 0.1) is 5.56 Å². The Labute approximate surface area is 138 Å². The number of alkyl halides is 3. The summed E-state index contributed by atoms with van der Waals surface area (Å²) in [5.41, 5.74) is -0.120. The standard InChI is InChI=1S/C17H19F3N2O2/c1-11(12-4-2-5-13(10-12)17(18,19)20)7-9-22-15(23)14-6-3-8-21(14)16(22)24/h2,4-5,10-11,14H,3,6-9H2,1H3. The van der Waals surface area contributed by atoms with Crippen molar-refractivity contribution in [3.05, 3.63) is 35.4 Å². The van der Waals surface area contributed by atoms with E-state index in [1.165, 1.54) is 11.0 Å². The fraction of sp³-hybridized carbons (Fsp3) is 0.529. The van der Waals surface area contributed by atoms with Crippen molar-refractivity contribution in [2.75, 3.05) is 13.1 Å². The van der Waals surface area contributed by atoms with Crippen LogP contribution in [0.25, 0.3) is 0 Å². The minimum Gasteiger partial charge on any atom is -0.312 e. The molecule has 2 aliphatic heterocycles. The maximum Gasteiger partial charge on any atom is 0.416 e. The molecule has 2 unspecified atom stereocenters. The number of nitrogens with zero attached hydrogens (tertiary/aromatic N) is 2. The molecule has 0 bridgehead atoms. The van der Waals surface area contributed by atoms with Crippen LogP contribution in [-0.4, -0.2) is 40.9 Å². The summed E-state index contributed by atoms with van der Waals surface area (Å²) in [6.45, 7) is 2.65. The third kappa shape index (κ3) is 2.99. The zero-order chi connectivity index (χ0) is 17.5. The maximum absolute atomic E-state index is 12.8. The molecular formula is C17H19F3N2O2. The summed E-state index contributed by atoms with van der Waals surface area (Å²) in [5.74, 6) is -0.350. The molecule has 3 amide bonds. The first kappa shape index (κ1) is 16.8. The monoisotopic (exact) mass is 340 g/mol. The predicted molar refractivity (Wildman–Crippen MR) is 81.3 cm³/mol. The Balaban J connectivity index is 1.65. The van der Waals surface area contributed by atoms with Gasteiger partial charge in [-0.2, -0.15) is 13.2 Å². The van der Waals surface area contributed by atoms with Crippen molar-refractivity contribution < 1.29 is 22.8 Å². The molecule has 0 saturated carbocycles. The van der Waals surface area contributed by atoms with Crippen LogP contribution in [0.3, 0.4) is 0 Å². The van der Waals surface area contributed by atoms with Crippen LogP contribution in [0, 0.1) is 0 Å². The Kier molecular flexibility index (Phi) is 4.27. The molecule has 3 rings (SSSR count). The van der Waals surface area contributed by atoms with Gasteiger partial charge < -0.3 is 4.90 Å². The van der Waals surface area contributed by atoms with Crippen molar-refractivity contribution in [1.29, 1.82) is 0 Å². The predicted octanol–water partition coefficient (Wildman–Crippen LogP) is 3.63. The molecule has 130 valence electrons. The van der Waals surface area contributed by atoms with Gasteiger partial charge in [-0.3, -0.25) is 9.69 Å². The molecular weight excluding hydrogens is 321 g/mol. The molecule has 2 saturated heterocycles. The number of fused-ring (bicyclic) bond motifs is 1. The second kappa shape index (κ2) is 6.11. The lowest BCUT2D eigenvalue weighted by atomic mass is 9.95. The number of amides is 3. The highest BCUT2D eigenvalue weighted by molar-refractivity contribution is 6.04. The van der Waals surface area contributed by atoms with Crippen LogP contribution in [-0.2, 0) is 11.0 Å². The van der Waals surface area contributed by atoms with Crippen LogP contribution in [0.5, 0.6) is 0 Å². The molecule has 4 nitrogen and oxygen atoms in total. The number of benzene rings is 1. The molecule has 0 radical (unpaired) electrons. The first-order valence-corrected chi connectivity index (χ1v) is 8.08. The molecule has 2 atom stereocenters. The normalized spacial score (nSPS) is 22.2. The van der Waals surface area contributed by atoms with Crippen molar-refractivity contribution in [2.24, 2.45) is 0 Å². The lowest BCUT2D eigenvalue weighted by Gasteiger charge is -2.19. The van der Waals surface area contributed by atoms with Crippen LogP contribution >= 0.6 is 0 Å². The first-order valence-electron chi connectivity index (χ1n) is 8.08. The molecule has 2 aliphatic rings. The second-order valence-electron chi connectivity index (χ2n) is 6.44. The highest BCUT2D eigenvalue weighted by atomic mass is 19.4. The number of carbonyl (C=O) groups excluding carboxylic acids is 2. The fourth-order valence-corrected chi connectivity index (χ4v) is 3.40. The van der Waals surface area contributed by atoms with E-state index in [1.54, 1.807) is 11.0 Å². The van der Waals surface area contributed by atoms with Crippen molar-refractivity contribution >= 4 is 11.9 Å². The Bertz CT molecular complexity index is 637. The lowest BCUT2D eigenvalue weighted by molar-refractivity contribution is -0.137. The molecule has 1 aromatic carbocycles. The summed E-state index contributed by atoms with van der Waals surface area (Å²) in [6, 6.07) is 4.61. The summed E-state index contributed by atoms with van der Waals surface area (Å²) in [4.78, 5) is 27.3. The Hall–Kier alpha value is -2.05. The largest absolute Gasteiger partial charge is 0.416 e. The van der Waals surface area contributed by atoms with Crippen molar-refractivity contribution in [2.45, 2.75) is 44.3 Å². The van der Waals surface area contributed by atoms with Crippen LogP contribution in [0.4, 0.5) is 18.0 Å². The Morgan fingerprint density at radius 3 is 2.71 bits per heavy atom. The summed E-state index contributed by atoms with van der Waals surface area (Å²) < 4.78 is 38.4. The van der Waals surface area contributed by atoms with E-state index >= 15 is 0 Å². The van der Waals surface area contributed by atoms with E-state index in [4.69, 9.17) is 0 Å². The van der Waals surface area contributed by atoms with E-state index in [-0.39, 0.29) is 30.4 Å². The summed E-state index contributed by atoms with van der Waals surface area (Å²) in [6.07, 6.45) is -2.39. The first-order chi connectivity index (χ1) is 11.3. The van der Waals surface area contributed by atoms with Crippen molar-refractivity contribution in [3.8, 4) is 0 Å². The van der Waals surface area contributed by atoms with Gasteiger partial charge in [-0.05, 0) is 36.8 Å². The van der Waals surface area contributed by atoms with Gasteiger partial charge in [0.2, 0.25) is 0 Å². The smallest absolute Gasteiger partial charge is 0.312 e. The van der Waals surface area contributed by atoms with E-state index in [0.29, 0.717) is 24.9 Å². The number of rotatable bonds is 4. The third-order valence-electron chi connectivity index (χ3n) is 4.85. The van der Waals surface area contributed by atoms with Crippen LogP contribution in [0.1, 0.15) is 43.2 Å². The molecule has 0 aliphatic carbocycles. The molecule has 7 heteroatoms. The summed E-state index contributed by atoms with van der Waals surface area (Å²) in [5, 5.41) is 0. The minimum absolute atomic E-state index is 0.172. The Morgan fingerprint density at radius 2 is 2.04 bits per heavy atom. The lowest BCUT2D eigenvalue weighted by Crippen LogP contribution is -2.34. The van der Waals surface area contributed by atoms with E-state index in [0.717, 1.165) is 18.6 Å². The van der Waals surface area contributed by atoms with Crippen LogP contribution in [0.15, 0.2) is 24.3 Å². The molecule has 0 aromatic heterocycles. The minimum atomic E-state index is -4.37. The highest BCUT2D eigenvalue weighted by Gasteiger charge is 2.46. The molecule has 2 fully saturated rings. The average Bonchev–Trinajstić information content (AvgIpc) is 3.10. The zero-order valence-corrected chi connectivity index (χ0v) is 13.3. The molecule has 1 aromatic rings. The maximum atomic E-state index is 12.8. The number of carbonyl (C=O) groups is 2. The average molecular weight is 340 g/mol. The van der Waals surface area contributed by atoms with Crippen molar-refractivity contribution in [3.63, 3.8) is 0 Å². The van der Waals surface area contributed by atoms with Gasteiger partial charge in [0.15, 0.2) is 0 Å². The molecule has 0 spiro atoms. The molecule has 24 heavy (non-hydrogen) atoms. The van der Waals surface area contributed by atoms with E-state index in [2.05, 4.69) is 0 Å². The summed E-state index contributed by atoms with van der Waals surface area (Å²) >= 11 is 0. The van der Waals surface area contributed by atoms with Gasteiger partial charge in [0.25, 0.3) is 5.91 Å². The number of urea groups is 1.